The molecule has 0 bridgehead atoms. The number of amides is 4. The zero-order valence-corrected chi connectivity index (χ0v) is 11.4. The smallest absolute Gasteiger partial charge is 0.322 e. The van der Waals surface area contributed by atoms with Crippen molar-refractivity contribution in [2.45, 2.75) is 31.2 Å². The molecule has 3 aliphatic rings. The van der Waals surface area contributed by atoms with Crippen LogP contribution in [0.5, 0.6) is 0 Å². The molecule has 3 heterocycles. The molecule has 3 saturated heterocycles. The Labute approximate surface area is 117 Å². The summed E-state index contributed by atoms with van der Waals surface area (Å²) in [5, 5.41) is 8.21. The average molecular weight is 280 g/mol. The number of piperidine rings is 2. The second-order valence-corrected chi connectivity index (χ2v) is 5.90. The molecule has 0 aromatic carbocycles. The van der Waals surface area contributed by atoms with Crippen molar-refractivity contribution in [1.29, 1.82) is 0 Å². The van der Waals surface area contributed by atoms with Crippen LogP contribution in [0.2, 0.25) is 0 Å². The largest absolute Gasteiger partial charge is 0.340 e. The number of urea groups is 1. The third kappa shape index (κ3) is 2.26. The SMILES string of the molecule is O=C1NC(=O)C2(CCCN(C(=O)[C@H]3CCCNC3)C2)N1. The average Bonchev–Trinajstić information content (AvgIpc) is 2.73. The van der Waals surface area contributed by atoms with E-state index in [1.807, 2.05) is 0 Å². The molecular formula is C13H20N4O3. The van der Waals surface area contributed by atoms with E-state index >= 15 is 0 Å². The molecule has 7 heteroatoms. The van der Waals surface area contributed by atoms with Gasteiger partial charge in [-0.2, -0.15) is 0 Å². The number of carbonyl (C=O) groups is 3. The van der Waals surface area contributed by atoms with Crippen LogP contribution in [0.1, 0.15) is 25.7 Å². The number of nitrogens with zero attached hydrogens (tertiary/aromatic N) is 1. The quantitative estimate of drug-likeness (QED) is 0.548. The Morgan fingerprint density at radius 2 is 2.15 bits per heavy atom. The van der Waals surface area contributed by atoms with Crippen LogP contribution < -0.4 is 16.0 Å². The maximum absolute atomic E-state index is 12.5. The third-order valence-electron chi connectivity index (χ3n) is 4.46. The molecule has 1 unspecified atom stereocenters. The Morgan fingerprint density at radius 1 is 1.30 bits per heavy atom. The van der Waals surface area contributed by atoms with Crippen LogP contribution in [0.15, 0.2) is 0 Å². The summed E-state index contributed by atoms with van der Waals surface area (Å²) in [5.74, 6) is -0.203. The highest BCUT2D eigenvalue weighted by Gasteiger charge is 2.49. The molecule has 3 fully saturated rings. The molecule has 3 N–H and O–H groups in total. The number of hydrogen-bond acceptors (Lipinski definition) is 4. The number of hydrogen-bond donors (Lipinski definition) is 3. The molecule has 3 aliphatic heterocycles. The van der Waals surface area contributed by atoms with Crippen molar-refractivity contribution in [2.24, 2.45) is 5.92 Å². The first-order chi connectivity index (χ1) is 9.61. The molecule has 3 rings (SSSR count). The van der Waals surface area contributed by atoms with Crippen molar-refractivity contribution in [3.8, 4) is 0 Å². The summed E-state index contributed by atoms with van der Waals surface area (Å²) >= 11 is 0. The van der Waals surface area contributed by atoms with Crippen molar-refractivity contribution < 1.29 is 14.4 Å². The molecule has 0 aromatic heterocycles. The fourth-order valence-corrected chi connectivity index (χ4v) is 3.38. The predicted molar refractivity (Wildman–Crippen MR) is 70.8 cm³/mol. The Hall–Kier alpha value is -1.63. The summed E-state index contributed by atoms with van der Waals surface area (Å²) in [6.07, 6.45) is 3.23. The second kappa shape index (κ2) is 5.05. The first kappa shape index (κ1) is 13.4. The van der Waals surface area contributed by atoms with Gasteiger partial charge >= 0.3 is 6.03 Å². The lowest BCUT2D eigenvalue weighted by atomic mass is 9.87. The van der Waals surface area contributed by atoms with Gasteiger partial charge in [0.05, 0.1) is 12.5 Å². The highest BCUT2D eigenvalue weighted by atomic mass is 16.2. The van der Waals surface area contributed by atoms with E-state index in [0.29, 0.717) is 26.1 Å². The van der Waals surface area contributed by atoms with Crippen LogP contribution in [0.4, 0.5) is 4.79 Å². The van der Waals surface area contributed by atoms with Crippen LogP contribution in [-0.4, -0.2) is 54.5 Å². The summed E-state index contributed by atoms with van der Waals surface area (Å²) in [7, 11) is 0. The van der Waals surface area contributed by atoms with Crippen molar-refractivity contribution in [1.82, 2.24) is 20.9 Å². The molecule has 20 heavy (non-hydrogen) atoms. The van der Waals surface area contributed by atoms with Gasteiger partial charge in [0.2, 0.25) is 5.91 Å². The van der Waals surface area contributed by atoms with E-state index in [0.717, 1.165) is 25.8 Å². The highest BCUT2D eigenvalue weighted by molar-refractivity contribution is 6.07. The highest BCUT2D eigenvalue weighted by Crippen LogP contribution is 2.26. The van der Waals surface area contributed by atoms with Gasteiger partial charge in [-0.1, -0.05) is 0 Å². The monoisotopic (exact) mass is 280 g/mol. The Morgan fingerprint density at radius 3 is 2.80 bits per heavy atom. The standard InChI is InChI=1S/C13H20N4O3/c18-10(9-3-1-5-14-7-9)17-6-2-4-13(8-17)11(19)15-12(20)16-13/h9,14H,1-8H2,(H2,15,16,19,20)/t9-,13?/m0/s1. The molecule has 0 radical (unpaired) electrons. The van der Waals surface area contributed by atoms with Crippen molar-refractivity contribution in [3.63, 3.8) is 0 Å². The Balaban J connectivity index is 1.70. The molecule has 1 spiro atoms. The number of rotatable bonds is 1. The van der Waals surface area contributed by atoms with Gasteiger partial charge in [-0.25, -0.2) is 4.79 Å². The maximum Gasteiger partial charge on any atom is 0.322 e. The maximum atomic E-state index is 12.5. The van der Waals surface area contributed by atoms with Crippen LogP contribution in [0, 0.1) is 5.92 Å². The summed E-state index contributed by atoms with van der Waals surface area (Å²) in [5.41, 5.74) is -0.910. The fourth-order valence-electron chi connectivity index (χ4n) is 3.38. The number of carbonyl (C=O) groups excluding carboxylic acids is 3. The molecule has 0 aliphatic carbocycles. The van der Waals surface area contributed by atoms with Gasteiger partial charge in [0.25, 0.3) is 5.91 Å². The molecular weight excluding hydrogens is 260 g/mol. The number of nitrogens with one attached hydrogen (secondary N) is 3. The van der Waals surface area contributed by atoms with E-state index in [4.69, 9.17) is 0 Å². The van der Waals surface area contributed by atoms with Crippen LogP contribution in [-0.2, 0) is 9.59 Å². The van der Waals surface area contributed by atoms with Gasteiger partial charge in [0.15, 0.2) is 0 Å². The Kier molecular flexibility index (Phi) is 3.37. The summed E-state index contributed by atoms with van der Waals surface area (Å²) in [6, 6.07) is -0.455. The van der Waals surface area contributed by atoms with E-state index in [1.54, 1.807) is 4.90 Å². The minimum atomic E-state index is -0.910. The lowest BCUT2D eigenvalue weighted by Gasteiger charge is -2.40. The van der Waals surface area contributed by atoms with Crippen molar-refractivity contribution >= 4 is 17.8 Å². The first-order valence-corrected chi connectivity index (χ1v) is 7.24. The first-order valence-electron chi connectivity index (χ1n) is 7.24. The second-order valence-electron chi connectivity index (χ2n) is 5.90. The lowest BCUT2D eigenvalue weighted by Crippen LogP contribution is -2.60. The normalized spacial score (nSPS) is 34.0. The minimum Gasteiger partial charge on any atom is -0.340 e. The molecule has 0 aromatic rings. The lowest BCUT2D eigenvalue weighted by molar-refractivity contribution is -0.140. The van der Waals surface area contributed by atoms with Gasteiger partial charge in [0, 0.05) is 13.1 Å². The molecule has 4 amide bonds. The van der Waals surface area contributed by atoms with E-state index in [1.165, 1.54) is 0 Å². The van der Waals surface area contributed by atoms with Crippen molar-refractivity contribution in [2.75, 3.05) is 26.2 Å². The summed E-state index contributed by atoms with van der Waals surface area (Å²) < 4.78 is 0. The summed E-state index contributed by atoms with van der Waals surface area (Å²) in [4.78, 5) is 37.6. The van der Waals surface area contributed by atoms with Crippen LogP contribution in [0.3, 0.4) is 0 Å². The van der Waals surface area contributed by atoms with Crippen LogP contribution in [0.25, 0.3) is 0 Å². The van der Waals surface area contributed by atoms with Gasteiger partial charge in [-0.3, -0.25) is 14.9 Å². The fraction of sp³-hybridized carbons (Fsp3) is 0.769. The Bertz CT molecular complexity index is 447. The van der Waals surface area contributed by atoms with Gasteiger partial charge in [-0.15, -0.1) is 0 Å². The van der Waals surface area contributed by atoms with Crippen molar-refractivity contribution in [3.05, 3.63) is 0 Å². The number of imide groups is 1. The zero-order chi connectivity index (χ0) is 14.2. The van der Waals surface area contributed by atoms with E-state index < -0.39 is 11.6 Å². The summed E-state index contributed by atoms with van der Waals surface area (Å²) in [6.45, 7) is 2.63. The van der Waals surface area contributed by atoms with E-state index in [-0.39, 0.29) is 17.7 Å². The topological polar surface area (TPSA) is 90.5 Å². The van der Waals surface area contributed by atoms with Gasteiger partial charge in [-0.05, 0) is 32.2 Å². The predicted octanol–water partition coefficient (Wildman–Crippen LogP) is -0.813. The van der Waals surface area contributed by atoms with Gasteiger partial charge in [0.1, 0.15) is 5.54 Å². The molecule has 0 saturated carbocycles. The zero-order valence-electron chi connectivity index (χ0n) is 11.4. The third-order valence-corrected chi connectivity index (χ3v) is 4.46. The molecule has 110 valence electrons. The van der Waals surface area contributed by atoms with E-state index in [2.05, 4.69) is 16.0 Å². The minimum absolute atomic E-state index is 0.000865. The van der Waals surface area contributed by atoms with Crippen LogP contribution >= 0.6 is 0 Å². The molecule has 2 atom stereocenters. The van der Waals surface area contributed by atoms with Gasteiger partial charge < -0.3 is 15.5 Å². The van der Waals surface area contributed by atoms with E-state index in [9.17, 15) is 14.4 Å². The molecule has 7 nitrogen and oxygen atoms in total. The number of likely N-dealkylation sites (tertiary alicyclic amines) is 1.